The number of hydrogen-bond donors (Lipinski definition) is 1. The minimum Gasteiger partial charge on any atom is -0.497 e. The van der Waals surface area contributed by atoms with Crippen LogP contribution < -0.4 is 14.8 Å². The quantitative estimate of drug-likeness (QED) is 0.431. The summed E-state index contributed by atoms with van der Waals surface area (Å²) in [5.74, 6) is 0.992. The van der Waals surface area contributed by atoms with E-state index in [4.69, 9.17) is 18.7 Å². The van der Waals surface area contributed by atoms with Crippen LogP contribution in [0.15, 0.2) is 53.3 Å². The molecule has 0 saturated carbocycles. The van der Waals surface area contributed by atoms with Crippen LogP contribution in [0, 0.1) is 0 Å². The van der Waals surface area contributed by atoms with Crippen LogP contribution in [-0.4, -0.2) is 67.9 Å². The van der Waals surface area contributed by atoms with Gasteiger partial charge >= 0.3 is 0 Å². The summed E-state index contributed by atoms with van der Waals surface area (Å²) in [5.41, 5.74) is 1.65. The first-order valence-corrected chi connectivity index (χ1v) is 10.7. The Bertz CT molecular complexity index is 1090. The number of hydrogen-bond acceptors (Lipinski definition) is 8. The van der Waals surface area contributed by atoms with Crippen molar-refractivity contribution in [2.75, 3.05) is 41.0 Å². The van der Waals surface area contributed by atoms with Crippen molar-refractivity contribution < 1.29 is 28.3 Å². The number of rotatable bonds is 12. The van der Waals surface area contributed by atoms with Crippen molar-refractivity contribution in [3.05, 3.63) is 60.0 Å². The zero-order valence-corrected chi connectivity index (χ0v) is 19.4. The lowest BCUT2D eigenvalue weighted by molar-refractivity contribution is -0.121. The van der Waals surface area contributed by atoms with E-state index in [1.807, 2.05) is 6.07 Å². The lowest BCUT2D eigenvalue weighted by Crippen LogP contribution is -2.37. The molecule has 2 heterocycles. The van der Waals surface area contributed by atoms with Crippen LogP contribution >= 0.6 is 0 Å². The first-order valence-electron chi connectivity index (χ1n) is 10.7. The van der Waals surface area contributed by atoms with Gasteiger partial charge in [0.05, 0.1) is 26.4 Å². The molecular formula is C24H28N4O6. The Morgan fingerprint density at radius 2 is 1.94 bits per heavy atom. The summed E-state index contributed by atoms with van der Waals surface area (Å²) in [6.07, 6.45) is 3.49. The largest absolute Gasteiger partial charge is 0.497 e. The predicted octanol–water partition coefficient (Wildman–Crippen LogP) is 2.55. The van der Waals surface area contributed by atoms with Crippen molar-refractivity contribution in [1.29, 1.82) is 0 Å². The molecule has 1 aromatic carbocycles. The van der Waals surface area contributed by atoms with Gasteiger partial charge in [-0.15, -0.1) is 0 Å². The first-order chi connectivity index (χ1) is 16.5. The van der Waals surface area contributed by atoms with Crippen LogP contribution in [0.5, 0.6) is 11.5 Å². The van der Waals surface area contributed by atoms with Crippen LogP contribution in [0.25, 0.3) is 11.3 Å². The molecule has 0 spiro atoms. The highest BCUT2D eigenvalue weighted by Gasteiger charge is 2.22. The average molecular weight is 469 g/mol. The van der Waals surface area contributed by atoms with E-state index in [9.17, 15) is 9.59 Å². The maximum atomic E-state index is 13.1. The molecule has 0 aliphatic rings. The summed E-state index contributed by atoms with van der Waals surface area (Å²) in [7, 11) is 4.65. The Kier molecular flexibility index (Phi) is 8.98. The fourth-order valence-corrected chi connectivity index (χ4v) is 3.21. The van der Waals surface area contributed by atoms with Gasteiger partial charge in [-0.05, 0) is 23.8 Å². The molecule has 34 heavy (non-hydrogen) atoms. The molecule has 0 saturated heterocycles. The van der Waals surface area contributed by atoms with E-state index in [0.29, 0.717) is 42.5 Å². The van der Waals surface area contributed by atoms with Crippen LogP contribution in [0.3, 0.4) is 0 Å². The number of benzene rings is 1. The molecule has 10 heteroatoms. The summed E-state index contributed by atoms with van der Waals surface area (Å²) >= 11 is 0. The standard InChI is InChI=1S/C24H28N4O6/c1-31-12-11-28(10-8-23(29)26-16-17-5-4-9-25-15-17)24(30)20-14-22(34-27-20)19-7-6-18(32-2)13-21(19)33-3/h4-7,9,13-15H,8,10-12,16H2,1-3H3,(H,26,29). The lowest BCUT2D eigenvalue weighted by Gasteiger charge is -2.21. The van der Waals surface area contributed by atoms with Gasteiger partial charge in [0.15, 0.2) is 11.5 Å². The van der Waals surface area contributed by atoms with E-state index >= 15 is 0 Å². The van der Waals surface area contributed by atoms with Gasteiger partial charge in [-0.2, -0.15) is 0 Å². The SMILES string of the molecule is COCCN(CCC(=O)NCc1cccnc1)C(=O)c1cc(-c2ccc(OC)cc2OC)on1. The molecule has 0 aliphatic carbocycles. The molecule has 2 aromatic heterocycles. The Balaban J connectivity index is 1.66. The number of amides is 2. The molecule has 0 aliphatic heterocycles. The molecule has 0 fully saturated rings. The highest BCUT2D eigenvalue weighted by Crippen LogP contribution is 2.33. The lowest BCUT2D eigenvalue weighted by atomic mass is 10.1. The van der Waals surface area contributed by atoms with E-state index in [2.05, 4.69) is 15.5 Å². The summed E-state index contributed by atoms with van der Waals surface area (Å²) < 4.78 is 21.2. The Labute approximate surface area is 197 Å². The van der Waals surface area contributed by atoms with Gasteiger partial charge in [0.2, 0.25) is 5.91 Å². The van der Waals surface area contributed by atoms with Gasteiger partial charge in [-0.25, -0.2) is 0 Å². The molecule has 2 amide bonds. The van der Waals surface area contributed by atoms with Crippen LogP contribution in [0.2, 0.25) is 0 Å². The number of methoxy groups -OCH3 is 3. The molecule has 1 N–H and O–H groups in total. The number of aromatic nitrogens is 2. The zero-order valence-electron chi connectivity index (χ0n) is 19.4. The van der Waals surface area contributed by atoms with Gasteiger partial charge in [-0.1, -0.05) is 11.2 Å². The topological polar surface area (TPSA) is 116 Å². The molecule has 180 valence electrons. The fourth-order valence-electron chi connectivity index (χ4n) is 3.21. The second-order valence-electron chi connectivity index (χ2n) is 7.32. The second-order valence-corrected chi connectivity index (χ2v) is 7.32. The maximum absolute atomic E-state index is 13.1. The predicted molar refractivity (Wildman–Crippen MR) is 124 cm³/mol. The van der Waals surface area contributed by atoms with E-state index in [-0.39, 0.29) is 30.5 Å². The molecule has 3 aromatic rings. The minimum atomic E-state index is -0.361. The fraction of sp³-hybridized carbons (Fsp3) is 0.333. The van der Waals surface area contributed by atoms with Gasteiger partial charge in [-0.3, -0.25) is 14.6 Å². The number of nitrogens with one attached hydrogen (secondary N) is 1. The molecule has 3 rings (SSSR count). The molecule has 0 radical (unpaired) electrons. The van der Waals surface area contributed by atoms with E-state index in [1.165, 1.54) is 12.0 Å². The van der Waals surface area contributed by atoms with Crippen LogP contribution in [0.1, 0.15) is 22.5 Å². The Hall–Kier alpha value is -3.92. The van der Waals surface area contributed by atoms with Gasteiger partial charge < -0.3 is 29.0 Å². The normalized spacial score (nSPS) is 10.6. The molecular weight excluding hydrogens is 440 g/mol. The molecule has 10 nitrogen and oxygen atoms in total. The summed E-state index contributed by atoms with van der Waals surface area (Å²) in [4.78, 5) is 30.9. The van der Waals surface area contributed by atoms with Gasteiger partial charge in [0.1, 0.15) is 11.5 Å². The van der Waals surface area contributed by atoms with Crippen molar-refractivity contribution in [3.8, 4) is 22.8 Å². The second kappa shape index (κ2) is 12.4. The van der Waals surface area contributed by atoms with Gasteiger partial charge in [0, 0.05) is 57.7 Å². The highest BCUT2D eigenvalue weighted by atomic mass is 16.5. The minimum absolute atomic E-state index is 0.125. The summed E-state index contributed by atoms with van der Waals surface area (Å²) in [6, 6.07) is 10.5. The van der Waals surface area contributed by atoms with Gasteiger partial charge in [0.25, 0.3) is 5.91 Å². The number of carbonyl (C=O) groups excluding carboxylic acids is 2. The summed E-state index contributed by atoms with van der Waals surface area (Å²) in [5, 5.41) is 6.77. The maximum Gasteiger partial charge on any atom is 0.276 e. The third kappa shape index (κ3) is 6.55. The molecule has 0 atom stereocenters. The highest BCUT2D eigenvalue weighted by molar-refractivity contribution is 5.93. The third-order valence-electron chi connectivity index (χ3n) is 5.08. The third-order valence-corrected chi connectivity index (χ3v) is 5.08. The number of pyridine rings is 1. The number of nitrogens with zero attached hydrogens (tertiary/aromatic N) is 3. The first kappa shape index (κ1) is 24.7. The Morgan fingerprint density at radius 1 is 1.09 bits per heavy atom. The Morgan fingerprint density at radius 3 is 2.65 bits per heavy atom. The van der Waals surface area contributed by atoms with Crippen molar-refractivity contribution in [2.24, 2.45) is 0 Å². The van der Waals surface area contributed by atoms with E-state index in [1.54, 1.807) is 56.9 Å². The summed E-state index contributed by atoms with van der Waals surface area (Å²) in [6.45, 7) is 1.20. The number of ether oxygens (including phenoxy) is 3. The van der Waals surface area contributed by atoms with Crippen molar-refractivity contribution in [3.63, 3.8) is 0 Å². The number of carbonyl (C=O) groups is 2. The monoisotopic (exact) mass is 468 g/mol. The van der Waals surface area contributed by atoms with Crippen LogP contribution in [-0.2, 0) is 16.1 Å². The van der Waals surface area contributed by atoms with Crippen molar-refractivity contribution in [1.82, 2.24) is 20.4 Å². The van der Waals surface area contributed by atoms with E-state index in [0.717, 1.165) is 5.56 Å². The molecule has 0 unspecified atom stereocenters. The molecule has 0 bridgehead atoms. The van der Waals surface area contributed by atoms with E-state index < -0.39 is 0 Å². The smallest absolute Gasteiger partial charge is 0.276 e. The zero-order chi connectivity index (χ0) is 24.3. The average Bonchev–Trinajstić information content (AvgIpc) is 3.37. The van der Waals surface area contributed by atoms with Crippen molar-refractivity contribution >= 4 is 11.8 Å². The van der Waals surface area contributed by atoms with Crippen molar-refractivity contribution in [2.45, 2.75) is 13.0 Å². The van der Waals surface area contributed by atoms with Crippen LogP contribution in [0.4, 0.5) is 0 Å².